The van der Waals surface area contributed by atoms with Crippen molar-refractivity contribution in [2.75, 3.05) is 6.61 Å². The van der Waals surface area contributed by atoms with Gasteiger partial charge in [0, 0.05) is 34.6 Å². The van der Waals surface area contributed by atoms with Crippen molar-refractivity contribution in [3.63, 3.8) is 0 Å². The third-order valence-electron chi connectivity index (χ3n) is 6.61. The molecule has 0 spiro atoms. The number of nitrogens with zero attached hydrogens (tertiary/aromatic N) is 1. The largest absolute Gasteiger partial charge is 0.346 e. The average Bonchev–Trinajstić information content (AvgIpc) is 3.40. The van der Waals surface area contributed by atoms with Crippen LogP contribution in [0.4, 0.5) is 0 Å². The second-order valence-electron chi connectivity index (χ2n) is 8.93. The molecule has 2 heterocycles. The molecule has 33 heavy (non-hydrogen) atoms. The van der Waals surface area contributed by atoms with Crippen LogP contribution in [0.25, 0.3) is 21.8 Å². The smallest absolute Gasteiger partial charge is 0.176 e. The Labute approximate surface area is 194 Å². The molecule has 0 amide bonds. The molecule has 1 saturated heterocycles. The lowest BCUT2D eigenvalue weighted by Crippen LogP contribution is -2.37. The highest BCUT2D eigenvalue weighted by atomic mass is 16.7. The van der Waals surface area contributed by atoms with Gasteiger partial charge in [0.1, 0.15) is 6.10 Å². The molecule has 3 heteroatoms. The summed E-state index contributed by atoms with van der Waals surface area (Å²) in [5.74, 6) is -0.661. The van der Waals surface area contributed by atoms with Crippen LogP contribution in [0.3, 0.4) is 0 Å². The van der Waals surface area contributed by atoms with Crippen LogP contribution >= 0.6 is 0 Å². The Morgan fingerprint density at radius 1 is 0.636 bits per heavy atom. The van der Waals surface area contributed by atoms with E-state index in [1.165, 1.54) is 32.9 Å². The number of hydrogen-bond acceptors (Lipinski definition) is 2. The Morgan fingerprint density at radius 2 is 1.12 bits per heavy atom. The first-order valence-electron chi connectivity index (χ1n) is 11.7. The van der Waals surface area contributed by atoms with E-state index in [-0.39, 0.29) is 6.10 Å². The number of para-hydroxylation sites is 2. The van der Waals surface area contributed by atoms with Crippen LogP contribution in [0.2, 0.25) is 0 Å². The molecule has 5 aromatic rings. The number of ether oxygens (including phenoxy) is 2. The molecule has 0 aliphatic carbocycles. The van der Waals surface area contributed by atoms with Gasteiger partial charge in [0.05, 0.1) is 13.2 Å². The van der Waals surface area contributed by atoms with Crippen molar-refractivity contribution in [1.29, 1.82) is 0 Å². The predicted molar refractivity (Wildman–Crippen MR) is 133 cm³/mol. The molecule has 3 nitrogen and oxygen atoms in total. The van der Waals surface area contributed by atoms with Crippen LogP contribution in [-0.2, 0) is 28.9 Å². The molecule has 0 unspecified atom stereocenters. The number of aromatic nitrogens is 1. The van der Waals surface area contributed by atoms with Crippen LogP contribution < -0.4 is 0 Å². The molecule has 1 aromatic heterocycles. The molecule has 1 aliphatic heterocycles. The summed E-state index contributed by atoms with van der Waals surface area (Å²) in [5.41, 5.74) is 4.94. The normalized spacial score (nSPS) is 17.6. The van der Waals surface area contributed by atoms with Gasteiger partial charge in [-0.1, -0.05) is 97.1 Å². The minimum atomic E-state index is -0.661. The fourth-order valence-corrected chi connectivity index (χ4v) is 5.17. The molecular formula is C30H27NO2. The lowest BCUT2D eigenvalue weighted by molar-refractivity contribution is -0.167. The third kappa shape index (κ3) is 3.95. The van der Waals surface area contributed by atoms with Crippen molar-refractivity contribution in [1.82, 2.24) is 4.57 Å². The molecule has 0 radical (unpaired) electrons. The summed E-state index contributed by atoms with van der Waals surface area (Å²) >= 11 is 0. The second kappa shape index (κ2) is 8.51. The Morgan fingerprint density at radius 3 is 1.67 bits per heavy atom. The summed E-state index contributed by atoms with van der Waals surface area (Å²) in [6, 6.07) is 38.3. The standard InChI is InChI=1S/C30H27NO2/c1-3-11-23(12-4-1)19-30(20-24-13-5-2-6-14-24)32-22-25(33-30)21-31-28-17-9-7-15-26(28)27-16-8-10-18-29(27)31/h1-18,25H,19-22H2/t25-/m1/s1. The highest BCUT2D eigenvalue weighted by Crippen LogP contribution is 2.34. The first-order chi connectivity index (χ1) is 16.3. The molecule has 0 bridgehead atoms. The summed E-state index contributed by atoms with van der Waals surface area (Å²) in [6.07, 6.45) is 1.44. The second-order valence-corrected chi connectivity index (χ2v) is 8.93. The quantitative estimate of drug-likeness (QED) is 0.310. The fraction of sp³-hybridized carbons (Fsp3) is 0.200. The summed E-state index contributed by atoms with van der Waals surface area (Å²) in [5, 5.41) is 2.57. The highest BCUT2D eigenvalue weighted by molar-refractivity contribution is 6.07. The van der Waals surface area contributed by atoms with Crippen molar-refractivity contribution in [3.8, 4) is 0 Å². The van der Waals surface area contributed by atoms with E-state index < -0.39 is 5.79 Å². The van der Waals surface area contributed by atoms with Crippen molar-refractivity contribution in [2.45, 2.75) is 31.3 Å². The first kappa shape index (κ1) is 20.2. The minimum absolute atomic E-state index is 0.0170. The maximum absolute atomic E-state index is 6.79. The van der Waals surface area contributed by atoms with Gasteiger partial charge < -0.3 is 14.0 Å². The summed E-state index contributed by atoms with van der Waals surface area (Å²) in [4.78, 5) is 0. The molecule has 1 aliphatic rings. The van der Waals surface area contributed by atoms with Gasteiger partial charge in [-0.25, -0.2) is 0 Å². The number of rotatable bonds is 6. The van der Waals surface area contributed by atoms with Crippen LogP contribution in [0, 0.1) is 0 Å². The van der Waals surface area contributed by atoms with E-state index in [2.05, 4.69) is 114 Å². The lowest BCUT2D eigenvalue weighted by Gasteiger charge is -2.29. The molecule has 0 N–H and O–H groups in total. The van der Waals surface area contributed by atoms with E-state index in [1.807, 2.05) is 0 Å². The van der Waals surface area contributed by atoms with Crippen molar-refractivity contribution >= 4 is 21.8 Å². The zero-order chi connectivity index (χ0) is 22.1. The van der Waals surface area contributed by atoms with Gasteiger partial charge in [0.15, 0.2) is 5.79 Å². The molecule has 4 aromatic carbocycles. The van der Waals surface area contributed by atoms with Crippen molar-refractivity contribution in [3.05, 3.63) is 120 Å². The van der Waals surface area contributed by atoms with Crippen molar-refractivity contribution in [2.24, 2.45) is 0 Å². The summed E-state index contributed by atoms with van der Waals surface area (Å²) in [7, 11) is 0. The van der Waals surface area contributed by atoms with Crippen LogP contribution in [0.5, 0.6) is 0 Å². The van der Waals surface area contributed by atoms with Gasteiger partial charge in [-0.2, -0.15) is 0 Å². The lowest BCUT2D eigenvalue weighted by atomic mass is 9.98. The van der Waals surface area contributed by atoms with Crippen molar-refractivity contribution < 1.29 is 9.47 Å². The maximum atomic E-state index is 6.79. The van der Waals surface area contributed by atoms with Gasteiger partial charge in [-0.15, -0.1) is 0 Å². The van der Waals surface area contributed by atoms with Gasteiger partial charge in [-0.05, 0) is 23.3 Å². The Bertz CT molecular complexity index is 1280. The van der Waals surface area contributed by atoms with Crippen LogP contribution in [-0.4, -0.2) is 23.1 Å². The predicted octanol–water partition coefficient (Wildman–Crippen LogP) is 6.39. The van der Waals surface area contributed by atoms with Gasteiger partial charge in [0.25, 0.3) is 0 Å². The minimum Gasteiger partial charge on any atom is -0.346 e. The molecule has 1 fully saturated rings. The van der Waals surface area contributed by atoms with E-state index in [0.29, 0.717) is 6.61 Å². The average molecular weight is 434 g/mol. The Hall–Kier alpha value is -3.40. The SMILES string of the molecule is c1ccc(CC2(Cc3ccccc3)OC[C@@H](Cn3c4ccccc4c4ccccc43)O2)cc1. The van der Waals surface area contributed by atoms with Crippen LogP contribution in [0.1, 0.15) is 11.1 Å². The maximum Gasteiger partial charge on any atom is 0.176 e. The highest BCUT2D eigenvalue weighted by Gasteiger charge is 2.42. The Balaban J connectivity index is 1.32. The third-order valence-corrected chi connectivity index (χ3v) is 6.61. The van der Waals surface area contributed by atoms with E-state index >= 15 is 0 Å². The fourth-order valence-electron chi connectivity index (χ4n) is 5.17. The van der Waals surface area contributed by atoms with Gasteiger partial charge >= 0.3 is 0 Å². The first-order valence-corrected chi connectivity index (χ1v) is 11.7. The summed E-state index contributed by atoms with van der Waals surface area (Å²) < 4.78 is 15.7. The monoisotopic (exact) mass is 433 g/mol. The molecular weight excluding hydrogens is 406 g/mol. The zero-order valence-corrected chi connectivity index (χ0v) is 18.6. The van der Waals surface area contributed by atoms with E-state index in [0.717, 1.165) is 19.4 Å². The number of benzene rings is 4. The van der Waals surface area contributed by atoms with E-state index in [9.17, 15) is 0 Å². The van der Waals surface area contributed by atoms with Gasteiger partial charge in [-0.3, -0.25) is 0 Å². The van der Waals surface area contributed by atoms with Crippen LogP contribution in [0.15, 0.2) is 109 Å². The molecule has 164 valence electrons. The number of fused-ring (bicyclic) bond motifs is 3. The molecule has 6 rings (SSSR count). The molecule has 0 saturated carbocycles. The van der Waals surface area contributed by atoms with E-state index in [1.54, 1.807) is 0 Å². The Kier molecular flexibility index (Phi) is 5.21. The van der Waals surface area contributed by atoms with E-state index in [4.69, 9.17) is 9.47 Å². The topological polar surface area (TPSA) is 23.4 Å². The zero-order valence-electron chi connectivity index (χ0n) is 18.6. The van der Waals surface area contributed by atoms with Gasteiger partial charge in [0.2, 0.25) is 0 Å². The number of hydrogen-bond donors (Lipinski definition) is 0. The summed E-state index contributed by atoms with van der Waals surface area (Å²) in [6.45, 7) is 1.35. The molecule has 1 atom stereocenters.